The smallest absolute Gasteiger partial charge is 0.108 e. The third-order valence-corrected chi connectivity index (χ3v) is 2.89. The van der Waals surface area contributed by atoms with Gasteiger partial charge in [-0.2, -0.15) is 0 Å². The summed E-state index contributed by atoms with van der Waals surface area (Å²) in [5.41, 5.74) is 2.19. The minimum Gasteiger partial charge on any atom is -0.469 e. The number of likely N-dealkylation sites (N-methyl/N-ethyl adjacent to an activating group) is 1. The van der Waals surface area contributed by atoms with Crippen LogP contribution in [0.25, 0.3) is 0 Å². The molecule has 0 fully saturated rings. The Morgan fingerprint density at radius 1 is 1.53 bits per heavy atom. The maximum Gasteiger partial charge on any atom is 0.108 e. The molecule has 2 aromatic heterocycles. The number of aromatic nitrogens is 3. The molecule has 0 radical (unpaired) electrons. The van der Waals surface area contributed by atoms with Gasteiger partial charge in [0.05, 0.1) is 12.0 Å². The molecule has 0 aromatic carbocycles. The van der Waals surface area contributed by atoms with Crippen LogP contribution in [0.5, 0.6) is 0 Å². The molecule has 0 bridgehead atoms. The Hall–Kier alpha value is -1.62. The third kappa shape index (κ3) is 2.55. The highest BCUT2D eigenvalue weighted by atomic mass is 16.3. The van der Waals surface area contributed by atoms with E-state index in [2.05, 4.69) is 22.6 Å². The lowest BCUT2D eigenvalue weighted by atomic mass is 10.0. The standard InChI is InChI=1S/C12H18N4O/c1-4-12-10(5-6-17-12)11(13-2)7-9-8-16(3)15-14-9/h5-6,8,11,13H,4,7H2,1-3H3. The Morgan fingerprint density at radius 3 is 2.94 bits per heavy atom. The van der Waals surface area contributed by atoms with Crippen molar-refractivity contribution in [3.63, 3.8) is 0 Å². The number of hydrogen-bond acceptors (Lipinski definition) is 4. The molecule has 92 valence electrons. The summed E-state index contributed by atoms with van der Waals surface area (Å²) in [4.78, 5) is 0. The number of nitrogens with zero attached hydrogens (tertiary/aromatic N) is 3. The van der Waals surface area contributed by atoms with E-state index >= 15 is 0 Å². The quantitative estimate of drug-likeness (QED) is 0.851. The molecule has 1 atom stereocenters. The lowest BCUT2D eigenvalue weighted by Crippen LogP contribution is -2.19. The zero-order valence-electron chi connectivity index (χ0n) is 10.5. The number of nitrogens with one attached hydrogen (secondary N) is 1. The predicted molar refractivity (Wildman–Crippen MR) is 64.6 cm³/mol. The third-order valence-electron chi connectivity index (χ3n) is 2.89. The minimum atomic E-state index is 0.223. The van der Waals surface area contributed by atoms with Crippen molar-refractivity contribution in [3.05, 3.63) is 35.5 Å². The Morgan fingerprint density at radius 2 is 2.35 bits per heavy atom. The van der Waals surface area contributed by atoms with Crippen molar-refractivity contribution in [1.82, 2.24) is 20.3 Å². The van der Waals surface area contributed by atoms with Gasteiger partial charge in [-0.25, -0.2) is 0 Å². The van der Waals surface area contributed by atoms with Crippen molar-refractivity contribution >= 4 is 0 Å². The minimum absolute atomic E-state index is 0.223. The van der Waals surface area contributed by atoms with Gasteiger partial charge in [-0.1, -0.05) is 12.1 Å². The fraction of sp³-hybridized carbons (Fsp3) is 0.500. The van der Waals surface area contributed by atoms with Gasteiger partial charge in [0.25, 0.3) is 0 Å². The van der Waals surface area contributed by atoms with Crippen LogP contribution in [-0.4, -0.2) is 22.0 Å². The average Bonchev–Trinajstić information content (AvgIpc) is 2.94. The second-order valence-electron chi connectivity index (χ2n) is 4.08. The van der Waals surface area contributed by atoms with E-state index in [4.69, 9.17) is 4.42 Å². The normalized spacial score (nSPS) is 12.9. The fourth-order valence-corrected chi connectivity index (χ4v) is 2.01. The molecular weight excluding hydrogens is 216 g/mol. The van der Waals surface area contributed by atoms with Crippen molar-refractivity contribution in [2.75, 3.05) is 7.05 Å². The maximum absolute atomic E-state index is 5.46. The summed E-state index contributed by atoms with van der Waals surface area (Å²) < 4.78 is 7.18. The molecule has 1 unspecified atom stereocenters. The molecule has 0 saturated carbocycles. The van der Waals surface area contributed by atoms with Gasteiger partial charge >= 0.3 is 0 Å². The molecule has 5 heteroatoms. The molecule has 0 saturated heterocycles. The Kier molecular flexibility index (Phi) is 3.58. The van der Waals surface area contributed by atoms with E-state index in [0.29, 0.717) is 0 Å². The molecular formula is C12H18N4O. The van der Waals surface area contributed by atoms with E-state index in [9.17, 15) is 0 Å². The van der Waals surface area contributed by atoms with Gasteiger partial charge in [-0.15, -0.1) is 5.10 Å². The molecule has 2 heterocycles. The highest BCUT2D eigenvalue weighted by molar-refractivity contribution is 5.23. The first-order valence-corrected chi connectivity index (χ1v) is 5.83. The van der Waals surface area contributed by atoms with E-state index < -0.39 is 0 Å². The van der Waals surface area contributed by atoms with E-state index in [-0.39, 0.29) is 6.04 Å². The Balaban J connectivity index is 2.16. The number of aryl methyl sites for hydroxylation is 2. The average molecular weight is 234 g/mol. The Bertz CT molecular complexity index is 474. The summed E-state index contributed by atoms with van der Waals surface area (Å²) >= 11 is 0. The van der Waals surface area contributed by atoms with Crippen molar-refractivity contribution in [1.29, 1.82) is 0 Å². The molecule has 5 nitrogen and oxygen atoms in total. The molecule has 0 amide bonds. The van der Waals surface area contributed by atoms with Crippen LogP contribution in [0.15, 0.2) is 22.9 Å². The summed E-state index contributed by atoms with van der Waals surface area (Å²) in [6.45, 7) is 2.09. The van der Waals surface area contributed by atoms with E-state index in [1.54, 1.807) is 10.9 Å². The van der Waals surface area contributed by atoms with E-state index in [1.807, 2.05) is 26.4 Å². The summed E-state index contributed by atoms with van der Waals surface area (Å²) in [5.74, 6) is 1.04. The highest BCUT2D eigenvalue weighted by Crippen LogP contribution is 2.22. The van der Waals surface area contributed by atoms with Gasteiger partial charge < -0.3 is 9.73 Å². The summed E-state index contributed by atoms with van der Waals surface area (Å²) in [5, 5.41) is 11.4. The molecule has 0 aliphatic carbocycles. The highest BCUT2D eigenvalue weighted by Gasteiger charge is 2.17. The van der Waals surface area contributed by atoms with Crippen LogP contribution in [0.2, 0.25) is 0 Å². The fourth-order valence-electron chi connectivity index (χ4n) is 2.01. The zero-order chi connectivity index (χ0) is 12.3. The van der Waals surface area contributed by atoms with Crippen molar-refractivity contribution in [2.24, 2.45) is 7.05 Å². The SMILES string of the molecule is CCc1occc1C(Cc1cn(C)nn1)NC. The predicted octanol–water partition coefficient (Wildman–Crippen LogP) is 1.47. The van der Waals surface area contributed by atoms with Crippen LogP contribution < -0.4 is 5.32 Å². The van der Waals surface area contributed by atoms with Gasteiger partial charge in [0, 0.05) is 37.7 Å². The van der Waals surface area contributed by atoms with Crippen LogP contribution >= 0.6 is 0 Å². The van der Waals surface area contributed by atoms with Gasteiger partial charge in [0.2, 0.25) is 0 Å². The van der Waals surface area contributed by atoms with E-state index in [1.165, 1.54) is 5.56 Å². The summed E-state index contributed by atoms with van der Waals surface area (Å²) in [6, 6.07) is 2.25. The molecule has 17 heavy (non-hydrogen) atoms. The summed E-state index contributed by atoms with van der Waals surface area (Å²) in [7, 11) is 3.83. The zero-order valence-corrected chi connectivity index (χ0v) is 10.5. The van der Waals surface area contributed by atoms with Gasteiger partial charge in [-0.3, -0.25) is 4.68 Å². The van der Waals surface area contributed by atoms with Gasteiger partial charge in [-0.05, 0) is 13.1 Å². The number of rotatable bonds is 5. The van der Waals surface area contributed by atoms with Crippen LogP contribution in [0, 0.1) is 0 Å². The Labute approximate surface area is 101 Å². The van der Waals surface area contributed by atoms with Crippen LogP contribution in [0.3, 0.4) is 0 Å². The van der Waals surface area contributed by atoms with Crippen molar-refractivity contribution in [2.45, 2.75) is 25.8 Å². The second kappa shape index (κ2) is 5.14. The van der Waals surface area contributed by atoms with Crippen LogP contribution in [0.1, 0.15) is 30.0 Å². The molecule has 2 aromatic rings. The van der Waals surface area contributed by atoms with E-state index in [0.717, 1.165) is 24.3 Å². The van der Waals surface area contributed by atoms with Crippen molar-refractivity contribution in [3.8, 4) is 0 Å². The first-order chi connectivity index (χ1) is 8.24. The first-order valence-electron chi connectivity index (χ1n) is 5.83. The summed E-state index contributed by atoms with van der Waals surface area (Å²) in [6.07, 6.45) is 5.41. The monoisotopic (exact) mass is 234 g/mol. The lowest BCUT2D eigenvalue weighted by Gasteiger charge is -2.14. The second-order valence-corrected chi connectivity index (χ2v) is 4.08. The topological polar surface area (TPSA) is 55.9 Å². The molecule has 0 aliphatic heterocycles. The van der Waals surface area contributed by atoms with Crippen molar-refractivity contribution < 1.29 is 4.42 Å². The lowest BCUT2D eigenvalue weighted by molar-refractivity contribution is 0.494. The first kappa shape index (κ1) is 11.9. The number of furan rings is 1. The molecule has 2 rings (SSSR count). The number of hydrogen-bond donors (Lipinski definition) is 1. The largest absolute Gasteiger partial charge is 0.469 e. The van der Waals surface area contributed by atoms with Crippen LogP contribution in [0.4, 0.5) is 0 Å². The maximum atomic E-state index is 5.46. The molecule has 0 spiro atoms. The van der Waals surface area contributed by atoms with Crippen LogP contribution in [-0.2, 0) is 19.9 Å². The van der Waals surface area contributed by atoms with Gasteiger partial charge in [0.1, 0.15) is 5.76 Å². The molecule has 0 aliphatic rings. The molecule has 1 N–H and O–H groups in total. The van der Waals surface area contributed by atoms with Gasteiger partial charge in [0.15, 0.2) is 0 Å².